The van der Waals surface area contributed by atoms with E-state index in [9.17, 15) is 4.79 Å². The lowest BCUT2D eigenvalue weighted by atomic mass is 10.7. The molecule has 0 atom stereocenters. The summed E-state index contributed by atoms with van der Waals surface area (Å²) in [6.45, 7) is 0.518. The molecule has 5 nitrogen and oxygen atoms in total. The highest BCUT2D eigenvalue weighted by molar-refractivity contribution is 5.64. The minimum Gasteiger partial charge on any atom is -0.269 e. The maximum absolute atomic E-state index is 10.9. The molecular weight excluding hydrogens is 132 g/mol. The Morgan fingerprint density at radius 1 is 1.60 bits per heavy atom. The molecule has 0 unspecified atom stereocenters. The molecule has 1 aliphatic heterocycles. The van der Waals surface area contributed by atoms with Crippen LogP contribution in [0.3, 0.4) is 0 Å². The third-order valence-corrected chi connectivity index (χ3v) is 1.29. The molecule has 2 rings (SSSR count). The Hall–Kier alpha value is -1.52. The number of nitrogens with zero attached hydrogens (tertiary/aromatic N) is 4. The molecule has 2 heterocycles. The molecule has 1 aromatic heterocycles. The van der Waals surface area contributed by atoms with E-state index in [0.717, 1.165) is 0 Å². The molecule has 10 heavy (non-hydrogen) atoms. The molecule has 0 amide bonds. The molecule has 0 fully saturated rings. The fraction of sp³-hybridized carbons (Fsp3) is 0.200. The van der Waals surface area contributed by atoms with Gasteiger partial charge in [-0.1, -0.05) is 0 Å². The molecule has 1 aromatic rings. The Labute approximate surface area is 56.0 Å². The summed E-state index contributed by atoms with van der Waals surface area (Å²) in [5.41, 5.74) is -0.150. The molecule has 0 saturated carbocycles. The lowest BCUT2D eigenvalue weighted by Gasteiger charge is -1.94. The molecule has 5 heteroatoms. The fourth-order valence-corrected chi connectivity index (χ4v) is 0.823. The Balaban J connectivity index is 2.77. The van der Waals surface area contributed by atoms with Crippen LogP contribution in [-0.4, -0.2) is 21.0 Å². The Morgan fingerprint density at radius 3 is 3.30 bits per heavy atom. The van der Waals surface area contributed by atoms with E-state index in [1.54, 1.807) is 6.21 Å². The first-order valence-electron chi connectivity index (χ1n) is 2.83. The summed E-state index contributed by atoms with van der Waals surface area (Å²) in [6, 6.07) is 0. The zero-order chi connectivity index (χ0) is 6.97. The lowest BCUT2D eigenvalue weighted by molar-refractivity contribution is 0.777. The van der Waals surface area contributed by atoms with Gasteiger partial charge in [0.05, 0.1) is 6.54 Å². The summed E-state index contributed by atoms with van der Waals surface area (Å²) in [6.07, 6.45) is 2.81. The minimum absolute atomic E-state index is 0.150. The average molecular weight is 136 g/mol. The second-order valence-corrected chi connectivity index (χ2v) is 1.91. The van der Waals surface area contributed by atoms with E-state index in [4.69, 9.17) is 0 Å². The fourth-order valence-electron chi connectivity index (χ4n) is 0.823. The van der Waals surface area contributed by atoms with Crippen molar-refractivity contribution in [2.75, 3.05) is 0 Å². The number of hydrogen-bond acceptors (Lipinski definition) is 4. The van der Waals surface area contributed by atoms with Crippen LogP contribution in [-0.2, 0) is 6.54 Å². The number of aromatic nitrogens is 3. The third-order valence-electron chi connectivity index (χ3n) is 1.29. The number of hydrogen-bond donors (Lipinski definition) is 0. The lowest BCUT2D eigenvalue weighted by Crippen LogP contribution is -2.18. The molecular formula is C5H4N4O. The van der Waals surface area contributed by atoms with Gasteiger partial charge in [0.25, 0.3) is 11.5 Å². The summed E-state index contributed by atoms with van der Waals surface area (Å²) in [5, 5.41) is 7.09. The van der Waals surface area contributed by atoms with E-state index in [0.29, 0.717) is 12.5 Å². The summed E-state index contributed by atoms with van der Waals surface area (Å²) in [5.74, 6) is 0.396. The molecule has 0 radical (unpaired) electrons. The van der Waals surface area contributed by atoms with E-state index >= 15 is 0 Å². The maximum Gasteiger partial charge on any atom is 0.274 e. The van der Waals surface area contributed by atoms with E-state index in [-0.39, 0.29) is 5.56 Å². The predicted molar refractivity (Wildman–Crippen MR) is 34.4 cm³/mol. The Morgan fingerprint density at radius 2 is 2.50 bits per heavy atom. The first-order valence-corrected chi connectivity index (χ1v) is 2.83. The Kier molecular flexibility index (Phi) is 0.913. The van der Waals surface area contributed by atoms with E-state index in [2.05, 4.69) is 15.2 Å². The van der Waals surface area contributed by atoms with Crippen molar-refractivity contribution in [3.63, 3.8) is 0 Å². The van der Waals surface area contributed by atoms with Crippen LogP contribution in [0.5, 0.6) is 0 Å². The largest absolute Gasteiger partial charge is 0.274 e. The molecule has 0 N–H and O–H groups in total. The van der Waals surface area contributed by atoms with Gasteiger partial charge in [0.1, 0.15) is 6.20 Å². The van der Waals surface area contributed by atoms with Crippen LogP contribution in [0.25, 0.3) is 0 Å². The predicted octanol–water partition coefficient (Wildman–Crippen LogP) is -0.646. The van der Waals surface area contributed by atoms with Gasteiger partial charge in [0.2, 0.25) is 0 Å². The van der Waals surface area contributed by atoms with Gasteiger partial charge < -0.3 is 0 Å². The first kappa shape index (κ1) is 5.28. The quantitative estimate of drug-likeness (QED) is 0.476. The molecule has 1 aliphatic rings. The Bertz CT molecular complexity index is 340. The molecule has 0 bridgehead atoms. The van der Waals surface area contributed by atoms with E-state index in [1.807, 2.05) is 0 Å². The number of rotatable bonds is 0. The number of fused-ring (bicyclic) bond motifs is 1. The second kappa shape index (κ2) is 1.73. The van der Waals surface area contributed by atoms with Gasteiger partial charge in [-0.25, -0.2) is 4.99 Å². The van der Waals surface area contributed by atoms with Crippen molar-refractivity contribution < 1.29 is 0 Å². The molecule has 50 valence electrons. The van der Waals surface area contributed by atoms with E-state index in [1.165, 1.54) is 10.8 Å². The van der Waals surface area contributed by atoms with Crippen molar-refractivity contribution in [1.29, 1.82) is 0 Å². The van der Waals surface area contributed by atoms with Gasteiger partial charge in [0.15, 0.2) is 0 Å². The van der Waals surface area contributed by atoms with Gasteiger partial charge in [-0.15, -0.1) is 10.2 Å². The van der Waals surface area contributed by atoms with Crippen LogP contribution >= 0.6 is 0 Å². The number of aliphatic imine (C=N–C) groups is 1. The third kappa shape index (κ3) is 0.570. The van der Waals surface area contributed by atoms with Crippen LogP contribution in [0.4, 0.5) is 5.95 Å². The van der Waals surface area contributed by atoms with Crippen molar-refractivity contribution in [3.8, 4) is 0 Å². The molecule has 0 spiro atoms. The monoisotopic (exact) mass is 136 g/mol. The zero-order valence-corrected chi connectivity index (χ0v) is 5.06. The van der Waals surface area contributed by atoms with Crippen molar-refractivity contribution >= 4 is 12.2 Å². The van der Waals surface area contributed by atoms with Crippen LogP contribution in [0.1, 0.15) is 0 Å². The molecule has 0 aromatic carbocycles. The van der Waals surface area contributed by atoms with Gasteiger partial charge >= 0.3 is 0 Å². The highest BCUT2D eigenvalue weighted by atomic mass is 16.1. The average Bonchev–Trinajstić information content (AvgIpc) is 2.36. The zero-order valence-electron chi connectivity index (χ0n) is 5.06. The summed E-state index contributed by atoms with van der Waals surface area (Å²) in [7, 11) is 0. The van der Waals surface area contributed by atoms with Crippen LogP contribution in [0.2, 0.25) is 0 Å². The van der Waals surface area contributed by atoms with Crippen LogP contribution in [0, 0.1) is 0 Å². The van der Waals surface area contributed by atoms with E-state index < -0.39 is 0 Å². The van der Waals surface area contributed by atoms with Crippen molar-refractivity contribution in [3.05, 3.63) is 16.6 Å². The summed E-state index contributed by atoms with van der Waals surface area (Å²) < 4.78 is 1.45. The van der Waals surface area contributed by atoms with Crippen molar-refractivity contribution in [2.24, 2.45) is 4.99 Å². The minimum atomic E-state index is -0.150. The first-order chi connectivity index (χ1) is 4.88. The summed E-state index contributed by atoms with van der Waals surface area (Å²) in [4.78, 5) is 14.7. The van der Waals surface area contributed by atoms with Gasteiger partial charge in [0, 0.05) is 6.21 Å². The van der Waals surface area contributed by atoms with Gasteiger partial charge in [-0.05, 0) is 0 Å². The van der Waals surface area contributed by atoms with Gasteiger partial charge in [-0.2, -0.15) is 0 Å². The van der Waals surface area contributed by atoms with Crippen molar-refractivity contribution in [1.82, 2.24) is 14.8 Å². The summed E-state index contributed by atoms with van der Waals surface area (Å²) >= 11 is 0. The van der Waals surface area contributed by atoms with Crippen LogP contribution in [0.15, 0.2) is 16.0 Å². The SMILES string of the molecule is O=c1cnnc2n1CC=N2. The highest BCUT2D eigenvalue weighted by Gasteiger charge is 2.06. The van der Waals surface area contributed by atoms with Gasteiger partial charge in [-0.3, -0.25) is 9.36 Å². The highest BCUT2D eigenvalue weighted by Crippen LogP contribution is 2.05. The smallest absolute Gasteiger partial charge is 0.269 e. The molecule has 0 aliphatic carbocycles. The normalized spacial score (nSPS) is 13.6. The maximum atomic E-state index is 10.9. The topological polar surface area (TPSA) is 60.1 Å². The second-order valence-electron chi connectivity index (χ2n) is 1.91. The van der Waals surface area contributed by atoms with Crippen molar-refractivity contribution in [2.45, 2.75) is 6.54 Å². The standard InChI is InChI=1S/C5H4N4O/c10-4-3-7-8-5-6-1-2-9(4)5/h1,3H,2H2. The molecule has 0 saturated heterocycles. The van der Waals surface area contributed by atoms with Crippen LogP contribution < -0.4 is 5.56 Å².